The van der Waals surface area contributed by atoms with Gasteiger partial charge in [-0.05, 0) is 0 Å². The van der Waals surface area contributed by atoms with Gasteiger partial charge in [0.15, 0.2) is 0 Å². The summed E-state index contributed by atoms with van der Waals surface area (Å²) >= 11 is -5.13. The third-order valence-corrected chi connectivity index (χ3v) is 18.2. The molecule has 0 fully saturated rings. The zero-order valence-electron chi connectivity index (χ0n) is 25.5. The molecular formula is C30H46O9Sn2. The van der Waals surface area contributed by atoms with Crippen molar-refractivity contribution in [3.63, 3.8) is 0 Å². The molecule has 3 aromatic rings. The first-order valence-corrected chi connectivity index (χ1v) is 34.4. The standard InChI is InChI=1S/C24H28O9.6CH3.2Sn/c1-3-19-20-4-2-6-22-24(20)33-23(19)21(5-1)31-15-13-25-7-9-27-17-29-11-12-30-18-28-10-8-26-14-16-32-22;;;;;;;;/h1-4H,7-18H2;6*1H3;;. The molecule has 0 spiro atoms. The van der Waals surface area contributed by atoms with Gasteiger partial charge in [-0.15, -0.1) is 0 Å². The Labute approximate surface area is 251 Å². The summed E-state index contributed by atoms with van der Waals surface area (Å²) in [5.74, 6) is 1.69. The van der Waals surface area contributed by atoms with Crippen LogP contribution in [0.2, 0.25) is 29.6 Å². The average Bonchev–Trinajstić information content (AvgIpc) is 3.29. The van der Waals surface area contributed by atoms with Crippen LogP contribution < -0.4 is 16.6 Å². The summed E-state index contributed by atoms with van der Waals surface area (Å²) in [5, 5.41) is 2.09. The summed E-state index contributed by atoms with van der Waals surface area (Å²) in [6, 6.07) is 8.86. The van der Waals surface area contributed by atoms with Crippen LogP contribution in [0.3, 0.4) is 0 Å². The molecule has 2 aromatic carbocycles. The number of ether oxygens (including phenoxy) is 8. The van der Waals surface area contributed by atoms with Crippen LogP contribution in [-0.2, 0) is 28.4 Å². The van der Waals surface area contributed by atoms with Gasteiger partial charge in [-0.25, -0.2) is 0 Å². The number of rotatable bonds is 2. The van der Waals surface area contributed by atoms with Crippen molar-refractivity contribution in [2.24, 2.45) is 0 Å². The van der Waals surface area contributed by atoms with Gasteiger partial charge in [-0.2, -0.15) is 0 Å². The molecule has 2 bridgehead atoms. The predicted molar refractivity (Wildman–Crippen MR) is 166 cm³/mol. The van der Waals surface area contributed by atoms with Crippen molar-refractivity contribution in [1.82, 2.24) is 0 Å². The molecule has 11 heteroatoms. The minimum absolute atomic E-state index is 0.193. The second-order valence-corrected chi connectivity index (χ2v) is 40.8. The van der Waals surface area contributed by atoms with E-state index >= 15 is 0 Å². The molecule has 0 saturated carbocycles. The van der Waals surface area contributed by atoms with Crippen molar-refractivity contribution in [1.29, 1.82) is 0 Å². The molecule has 0 radical (unpaired) electrons. The van der Waals surface area contributed by atoms with E-state index in [1.807, 2.05) is 0 Å². The van der Waals surface area contributed by atoms with Crippen LogP contribution in [0.4, 0.5) is 0 Å². The van der Waals surface area contributed by atoms with E-state index in [9.17, 15) is 0 Å². The number of furan rings is 1. The van der Waals surface area contributed by atoms with Crippen molar-refractivity contribution in [3.8, 4) is 11.5 Å². The average molecular weight is 788 g/mol. The van der Waals surface area contributed by atoms with Crippen LogP contribution in [0.1, 0.15) is 0 Å². The molecule has 0 aliphatic carbocycles. The first-order chi connectivity index (χ1) is 19.7. The van der Waals surface area contributed by atoms with Gasteiger partial charge in [0.2, 0.25) is 0 Å². The fourth-order valence-corrected chi connectivity index (χ4v) is 12.9. The zero-order valence-corrected chi connectivity index (χ0v) is 31.2. The summed E-state index contributed by atoms with van der Waals surface area (Å²) in [6.45, 7) is 4.79. The topological polar surface area (TPSA) is 87.0 Å². The number of benzene rings is 2. The second kappa shape index (κ2) is 15.8. The quantitative estimate of drug-likeness (QED) is 0.350. The van der Waals surface area contributed by atoms with E-state index in [4.69, 9.17) is 42.3 Å². The van der Waals surface area contributed by atoms with Crippen molar-refractivity contribution in [2.75, 3.05) is 79.7 Å². The molecule has 2 heterocycles. The summed E-state index contributed by atoms with van der Waals surface area (Å²) < 4.78 is 55.4. The monoisotopic (exact) mass is 790 g/mol. The van der Waals surface area contributed by atoms with E-state index in [-0.39, 0.29) is 13.6 Å². The SMILES string of the molecule is [CH3][Sn]([CH3])([CH3])[c]1ccc2c3oc4c([c]([Sn]([CH3])([CH3])[CH3])ccc42)OCCOCCOCOCCOCOCCOCCOc13. The van der Waals surface area contributed by atoms with Crippen LogP contribution in [0.5, 0.6) is 11.5 Å². The van der Waals surface area contributed by atoms with Gasteiger partial charge in [0.05, 0.1) is 0 Å². The van der Waals surface area contributed by atoms with E-state index in [0.717, 1.165) is 33.4 Å². The van der Waals surface area contributed by atoms with Crippen LogP contribution in [0.15, 0.2) is 28.7 Å². The third-order valence-electron chi connectivity index (χ3n) is 6.73. The molecule has 1 aliphatic rings. The van der Waals surface area contributed by atoms with Crippen molar-refractivity contribution in [2.45, 2.75) is 29.6 Å². The molecule has 9 nitrogen and oxygen atoms in total. The fraction of sp³-hybridized carbons (Fsp3) is 0.600. The van der Waals surface area contributed by atoms with Crippen LogP contribution >= 0.6 is 0 Å². The van der Waals surface area contributed by atoms with Crippen molar-refractivity contribution >= 4 is 65.9 Å². The van der Waals surface area contributed by atoms with Crippen molar-refractivity contribution < 1.29 is 42.3 Å². The number of hydrogen-bond acceptors (Lipinski definition) is 9. The molecule has 0 N–H and O–H groups in total. The molecule has 228 valence electrons. The van der Waals surface area contributed by atoms with Gasteiger partial charge < -0.3 is 0 Å². The van der Waals surface area contributed by atoms with Gasteiger partial charge in [-0.3, -0.25) is 0 Å². The Morgan fingerprint density at radius 1 is 0.439 bits per heavy atom. The van der Waals surface area contributed by atoms with Crippen LogP contribution in [0.25, 0.3) is 21.9 Å². The van der Waals surface area contributed by atoms with Crippen molar-refractivity contribution in [3.05, 3.63) is 24.3 Å². The Kier molecular flexibility index (Phi) is 12.7. The molecule has 0 atom stereocenters. The first-order valence-electron chi connectivity index (χ1n) is 14.4. The summed E-state index contributed by atoms with van der Waals surface area (Å²) in [7, 11) is 0. The van der Waals surface area contributed by atoms with Gasteiger partial charge >= 0.3 is 253 Å². The Hall–Kier alpha value is -0.803. The number of hydrogen-bond donors (Lipinski definition) is 0. The zero-order chi connectivity index (χ0) is 29.3. The van der Waals surface area contributed by atoms with E-state index in [1.165, 1.54) is 7.16 Å². The summed E-state index contributed by atoms with van der Waals surface area (Å²) in [6.07, 6.45) is 0. The molecule has 1 aliphatic heterocycles. The van der Waals surface area contributed by atoms with E-state index in [1.54, 1.807) is 0 Å². The van der Waals surface area contributed by atoms with Crippen LogP contribution in [-0.4, -0.2) is 116 Å². The normalized spacial score (nSPS) is 18.6. The van der Waals surface area contributed by atoms with Gasteiger partial charge in [0.25, 0.3) is 0 Å². The molecule has 1 aromatic heterocycles. The molecule has 0 unspecified atom stereocenters. The third kappa shape index (κ3) is 9.34. The molecule has 41 heavy (non-hydrogen) atoms. The number of fused-ring (bicyclic) bond motifs is 1. The molecule has 4 rings (SSSR count). The Balaban J connectivity index is 1.64. The first kappa shape index (κ1) is 33.1. The molecule has 0 saturated heterocycles. The Morgan fingerprint density at radius 2 is 0.780 bits per heavy atom. The second-order valence-electron chi connectivity index (χ2n) is 12.0. The van der Waals surface area contributed by atoms with Gasteiger partial charge in [0, 0.05) is 0 Å². The maximum absolute atomic E-state index is 6.71. The Morgan fingerprint density at radius 3 is 1.15 bits per heavy atom. The van der Waals surface area contributed by atoms with Crippen LogP contribution in [0, 0.1) is 0 Å². The van der Waals surface area contributed by atoms with Gasteiger partial charge in [0.1, 0.15) is 0 Å². The van der Waals surface area contributed by atoms with E-state index < -0.39 is 36.8 Å². The fourth-order valence-electron chi connectivity index (χ4n) is 4.64. The Bertz CT molecular complexity index is 1150. The molecular weight excluding hydrogens is 742 g/mol. The summed E-state index contributed by atoms with van der Waals surface area (Å²) in [5.41, 5.74) is 1.58. The predicted octanol–water partition coefficient (Wildman–Crippen LogP) is 4.46. The minimum atomic E-state index is -2.57. The van der Waals surface area contributed by atoms with E-state index in [0.29, 0.717) is 66.1 Å². The molecule has 0 amide bonds. The van der Waals surface area contributed by atoms with Gasteiger partial charge in [-0.1, -0.05) is 0 Å². The summed E-state index contributed by atoms with van der Waals surface area (Å²) in [4.78, 5) is 14.3. The van der Waals surface area contributed by atoms with E-state index in [2.05, 4.69) is 53.9 Å². The maximum atomic E-state index is 6.71.